The molecule has 10 heteroatoms. The molecule has 4 heterocycles. The smallest absolute Gasteiger partial charge is 0.428 e. The first-order valence-corrected chi connectivity index (χ1v) is 10.3. The van der Waals surface area contributed by atoms with Crippen molar-refractivity contribution < 1.29 is 15.7 Å². The van der Waals surface area contributed by atoms with Gasteiger partial charge < -0.3 is 10.2 Å². The van der Waals surface area contributed by atoms with Crippen LogP contribution in [-0.2, 0) is 6.54 Å². The number of rotatable bonds is 4. The Morgan fingerprint density at radius 2 is 2.03 bits per heavy atom. The lowest BCUT2D eigenvalue weighted by molar-refractivity contribution is -0.516. The standard InChI is InChI=1S/C24H20N8O2/c1-13-8-16(9-17-10-27-29-20(13)17)19-21(15-6-4-3-5-7-15)28-23(25)32-22(19)30-31(24(32)33)11-18-14(2)34-12-26-18/h3-10,12H,11H2,1-2H3,(H3,25,27,28,29,30)/p+1/i3D,4D,5D,6D,7D. The summed E-state index contributed by atoms with van der Waals surface area (Å²) in [7, 11) is 0. The van der Waals surface area contributed by atoms with Gasteiger partial charge in [0.15, 0.2) is 6.39 Å². The van der Waals surface area contributed by atoms with Crippen LogP contribution < -0.4 is 15.8 Å². The first-order valence-electron chi connectivity index (χ1n) is 12.8. The van der Waals surface area contributed by atoms with Crippen LogP contribution in [0.4, 0.5) is 5.95 Å². The molecule has 0 unspecified atom stereocenters. The Bertz CT molecular complexity index is 1990. The lowest BCUT2D eigenvalue weighted by Crippen LogP contribution is -2.44. The number of H-pyrrole nitrogens is 2. The molecule has 4 N–H and O–H groups in total. The lowest BCUT2D eigenvalue weighted by atomic mass is 9.97. The normalized spacial score (nSPS) is 13.6. The van der Waals surface area contributed by atoms with Gasteiger partial charge in [-0.3, -0.25) is 5.10 Å². The summed E-state index contributed by atoms with van der Waals surface area (Å²) >= 11 is 0. The van der Waals surface area contributed by atoms with Crippen molar-refractivity contribution in [2.24, 2.45) is 0 Å². The first-order chi connectivity index (χ1) is 18.6. The molecule has 0 amide bonds. The average molecular weight is 459 g/mol. The van der Waals surface area contributed by atoms with E-state index < -0.39 is 35.9 Å². The van der Waals surface area contributed by atoms with Crippen LogP contribution in [0.2, 0.25) is 0 Å². The molecule has 0 aliphatic carbocycles. The van der Waals surface area contributed by atoms with Crippen molar-refractivity contribution >= 4 is 22.5 Å². The molecule has 6 aromatic rings. The molecule has 4 aromatic heterocycles. The van der Waals surface area contributed by atoms with Gasteiger partial charge in [-0.15, -0.1) is 9.38 Å². The maximum absolute atomic E-state index is 13.5. The van der Waals surface area contributed by atoms with Crippen LogP contribution in [0.5, 0.6) is 0 Å². The molecule has 0 bridgehead atoms. The number of nitrogens with two attached hydrogens (primary N) is 1. The zero-order valence-electron chi connectivity index (χ0n) is 23.1. The van der Waals surface area contributed by atoms with E-state index in [-0.39, 0.29) is 29.4 Å². The number of nitrogens with zero attached hydrogens (tertiary/aromatic N) is 5. The maximum atomic E-state index is 13.5. The van der Waals surface area contributed by atoms with Gasteiger partial charge in [-0.1, -0.05) is 30.2 Å². The van der Waals surface area contributed by atoms with Crippen LogP contribution in [0, 0.1) is 13.8 Å². The van der Waals surface area contributed by atoms with E-state index >= 15 is 0 Å². The fourth-order valence-corrected chi connectivity index (χ4v) is 4.09. The van der Waals surface area contributed by atoms with Crippen molar-refractivity contribution in [1.82, 2.24) is 29.9 Å². The number of aromatic nitrogens is 7. The summed E-state index contributed by atoms with van der Waals surface area (Å²) in [6.45, 7) is 3.65. The number of benzene rings is 2. The molecule has 0 aliphatic rings. The average Bonchev–Trinajstić information content (AvgIpc) is 3.62. The van der Waals surface area contributed by atoms with Gasteiger partial charge in [0.25, 0.3) is 0 Å². The number of aromatic amines is 2. The number of nitrogen functional groups attached to an aromatic ring is 1. The summed E-state index contributed by atoms with van der Waals surface area (Å²) in [4.78, 5) is 22.1. The van der Waals surface area contributed by atoms with Crippen LogP contribution in [0.1, 0.15) is 23.9 Å². The van der Waals surface area contributed by atoms with Crippen molar-refractivity contribution in [3.8, 4) is 22.4 Å². The van der Waals surface area contributed by atoms with E-state index in [2.05, 4.69) is 25.3 Å². The zero-order valence-corrected chi connectivity index (χ0v) is 18.1. The second-order valence-electron chi connectivity index (χ2n) is 7.84. The predicted octanol–water partition coefficient (Wildman–Crippen LogP) is 2.76. The van der Waals surface area contributed by atoms with Crippen molar-refractivity contribution in [3.63, 3.8) is 0 Å². The maximum Gasteiger partial charge on any atom is 0.428 e. The lowest BCUT2D eigenvalue weighted by Gasteiger charge is -2.10. The molecule has 0 radical (unpaired) electrons. The van der Waals surface area contributed by atoms with Gasteiger partial charge in [0.1, 0.15) is 23.7 Å². The minimum absolute atomic E-state index is 0.0257. The van der Waals surface area contributed by atoms with Crippen molar-refractivity contribution in [3.05, 3.63) is 82.4 Å². The van der Waals surface area contributed by atoms with Gasteiger partial charge in [-0.05, 0) is 37.1 Å². The summed E-state index contributed by atoms with van der Waals surface area (Å²) in [6.07, 6.45) is 2.93. The van der Waals surface area contributed by atoms with Crippen molar-refractivity contribution in [2.75, 3.05) is 5.73 Å². The SMILES string of the molecule is [2H]c1c([2H])c([2H])c(-c2nc(N)[n+]3c(=O)n(Cc4ncoc4C)[nH]c3c2-c2cc(C)c3[nH]ncc3c2)c([2H])c1[2H]. The molecule has 10 nitrogen and oxygen atoms in total. The highest BCUT2D eigenvalue weighted by Crippen LogP contribution is 2.35. The van der Waals surface area contributed by atoms with E-state index in [9.17, 15) is 4.79 Å². The van der Waals surface area contributed by atoms with E-state index in [0.29, 0.717) is 22.6 Å². The Labute approximate surface area is 199 Å². The van der Waals surface area contributed by atoms with E-state index in [4.69, 9.17) is 17.0 Å². The monoisotopic (exact) mass is 458 g/mol. The molecule has 0 atom stereocenters. The summed E-state index contributed by atoms with van der Waals surface area (Å²) in [5, 5.41) is 10.9. The van der Waals surface area contributed by atoms with Gasteiger partial charge in [-0.25, -0.2) is 14.9 Å². The van der Waals surface area contributed by atoms with Gasteiger partial charge >= 0.3 is 11.6 Å². The van der Waals surface area contributed by atoms with Crippen LogP contribution >= 0.6 is 0 Å². The molecule has 0 aliphatic heterocycles. The summed E-state index contributed by atoms with van der Waals surface area (Å²) in [6, 6.07) is 1.20. The fraction of sp³-hybridized carbons (Fsp3) is 0.125. The highest BCUT2D eigenvalue weighted by molar-refractivity contribution is 5.94. The van der Waals surface area contributed by atoms with Gasteiger partial charge in [0, 0.05) is 10.9 Å². The van der Waals surface area contributed by atoms with Gasteiger partial charge in [-0.2, -0.15) is 9.78 Å². The molecule has 0 spiro atoms. The molecule has 34 heavy (non-hydrogen) atoms. The quantitative estimate of drug-likeness (QED) is 0.348. The summed E-state index contributed by atoms with van der Waals surface area (Å²) in [5.41, 5.74) is 8.91. The van der Waals surface area contributed by atoms with Crippen molar-refractivity contribution in [2.45, 2.75) is 20.4 Å². The Morgan fingerprint density at radius 3 is 2.79 bits per heavy atom. The Kier molecular flexibility index (Phi) is 3.31. The van der Waals surface area contributed by atoms with Crippen LogP contribution in [0.15, 0.2) is 64.1 Å². The molecule has 6 rings (SSSR count). The van der Waals surface area contributed by atoms with Crippen molar-refractivity contribution in [1.29, 1.82) is 0 Å². The van der Waals surface area contributed by atoms with Gasteiger partial charge in [0.2, 0.25) is 5.65 Å². The molecule has 2 aromatic carbocycles. The topological polar surface area (TPSA) is 136 Å². The van der Waals surface area contributed by atoms with Crippen LogP contribution in [0.25, 0.3) is 38.9 Å². The number of aryl methyl sites for hydroxylation is 2. The van der Waals surface area contributed by atoms with Gasteiger partial charge in [0.05, 0.1) is 24.1 Å². The molecule has 0 saturated heterocycles. The Morgan fingerprint density at radius 1 is 1.21 bits per heavy atom. The van der Waals surface area contributed by atoms with Crippen LogP contribution in [0.3, 0.4) is 0 Å². The molecular formula is C24H21N8O2+. The highest BCUT2D eigenvalue weighted by Gasteiger charge is 2.26. The number of anilines is 1. The Hall–Kier alpha value is -4.73. The van der Waals surface area contributed by atoms with E-state index in [1.54, 1.807) is 13.1 Å². The highest BCUT2D eigenvalue weighted by atomic mass is 16.3. The zero-order chi connectivity index (χ0) is 27.7. The van der Waals surface area contributed by atoms with E-state index in [1.807, 2.05) is 19.1 Å². The second-order valence-corrected chi connectivity index (χ2v) is 7.84. The summed E-state index contributed by atoms with van der Waals surface area (Å²) in [5.74, 6) is 0.311. The fourth-order valence-electron chi connectivity index (χ4n) is 4.09. The minimum Gasteiger partial charge on any atom is -0.448 e. The first kappa shape index (κ1) is 15.2. The number of oxazole rings is 1. The van der Waals surface area contributed by atoms with Crippen LogP contribution in [-0.4, -0.2) is 29.9 Å². The predicted molar refractivity (Wildman–Crippen MR) is 126 cm³/mol. The third-order valence-electron chi connectivity index (χ3n) is 5.74. The minimum atomic E-state index is -0.535. The third kappa shape index (κ3) is 2.99. The summed E-state index contributed by atoms with van der Waals surface area (Å²) < 4.78 is 49.3. The second kappa shape index (κ2) is 7.41. The number of hydrogen-bond donors (Lipinski definition) is 3. The number of hydrogen-bond acceptors (Lipinski definition) is 6. The number of nitrogens with one attached hydrogen (secondary N) is 2. The van der Waals surface area contributed by atoms with E-state index in [1.165, 1.54) is 15.5 Å². The molecule has 168 valence electrons. The van der Waals surface area contributed by atoms with E-state index in [0.717, 1.165) is 16.5 Å². The Balaban J connectivity index is 1.75. The molecule has 0 fully saturated rings. The third-order valence-corrected chi connectivity index (χ3v) is 5.74. The molecule has 0 saturated carbocycles. The number of fused-ring (bicyclic) bond motifs is 2. The largest absolute Gasteiger partial charge is 0.448 e. The molecular weight excluding hydrogens is 432 g/mol.